The molecular weight excluding hydrogens is 262 g/mol. The van der Waals surface area contributed by atoms with Crippen molar-refractivity contribution in [2.24, 2.45) is 11.3 Å². The Kier molecular flexibility index (Phi) is 8.22. The first-order valence-corrected chi connectivity index (χ1v) is 8.86. The van der Waals surface area contributed by atoms with Gasteiger partial charge in [-0.3, -0.25) is 0 Å². The fourth-order valence-electron chi connectivity index (χ4n) is 3.34. The summed E-state index contributed by atoms with van der Waals surface area (Å²) in [7, 11) is 0. The highest BCUT2D eigenvalue weighted by atomic mass is 16.5. The lowest BCUT2D eigenvalue weighted by atomic mass is 9.68. The molecule has 3 nitrogen and oxygen atoms in total. The predicted octanol–water partition coefficient (Wildman–Crippen LogP) is 4.01. The molecule has 0 unspecified atom stereocenters. The molecular formula is C18H37NO2. The van der Waals surface area contributed by atoms with Crippen LogP contribution in [0.5, 0.6) is 0 Å². The van der Waals surface area contributed by atoms with Crippen LogP contribution >= 0.6 is 0 Å². The maximum absolute atomic E-state index is 6.29. The Balaban J connectivity index is 2.50. The van der Waals surface area contributed by atoms with Gasteiger partial charge >= 0.3 is 0 Å². The highest BCUT2D eigenvalue weighted by Crippen LogP contribution is 2.42. The van der Waals surface area contributed by atoms with Gasteiger partial charge in [-0.2, -0.15) is 0 Å². The number of hydrogen-bond donors (Lipinski definition) is 1. The molecule has 0 aromatic heterocycles. The van der Waals surface area contributed by atoms with Crippen molar-refractivity contribution < 1.29 is 9.47 Å². The van der Waals surface area contributed by atoms with Crippen molar-refractivity contribution >= 4 is 0 Å². The first kappa shape index (κ1) is 18.9. The van der Waals surface area contributed by atoms with Gasteiger partial charge < -0.3 is 14.8 Å². The molecule has 0 aliphatic heterocycles. The average molecular weight is 299 g/mol. The average Bonchev–Trinajstić information content (AvgIpc) is 2.44. The lowest BCUT2D eigenvalue weighted by Crippen LogP contribution is -2.47. The molecule has 126 valence electrons. The first-order valence-electron chi connectivity index (χ1n) is 8.86. The molecule has 0 radical (unpaired) electrons. The maximum atomic E-state index is 6.29. The quantitative estimate of drug-likeness (QED) is 0.652. The Labute approximate surface area is 132 Å². The van der Waals surface area contributed by atoms with E-state index in [0.717, 1.165) is 32.2 Å². The second-order valence-corrected chi connectivity index (χ2v) is 7.55. The molecule has 21 heavy (non-hydrogen) atoms. The summed E-state index contributed by atoms with van der Waals surface area (Å²) < 4.78 is 11.7. The summed E-state index contributed by atoms with van der Waals surface area (Å²) in [5, 5.41) is 3.57. The standard InChI is InChI=1S/C18H37NO2/c1-6-12-19-15-18(21-14-13-20-7-2)10-8-16(9-11-18)17(3,4)5/h16,19H,6-15H2,1-5H3. The fourth-order valence-corrected chi connectivity index (χ4v) is 3.34. The van der Waals surface area contributed by atoms with Crippen LogP contribution in [-0.2, 0) is 9.47 Å². The van der Waals surface area contributed by atoms with Crippen LogP contribution in [-0.4, -0.2) is 38.5 Å². The topological polar surface area (TPSA) is 30.5 Å². The zero-order chi connectivity index (χ0) is 15.8. The lowest BCUT2D eigenvalue weighted by Gasteiger charge is -2.44. The van der Waals surface area contributed by atoms with E-state index in [4.69, 9.17) is 9.47 Å². The van der Waals surface area contributed by atoms with Crippen molar-refractivity contribution in [3.8, 4) is 0 Å². The van der Waals surface area contributed by atoms with Gasteiger partial charge in [0.15, 0.2) is 0 Å². The summed E-state index contributed by atoms with van der Waals surface area (Å²) in [5.41, 5.74) is 0.461. The summed E-state index contributed by atoms with van der Waals surface area (Å²) in [6.45, 7) is 15.7. The number of rotatable bonds is 9. The predicted molar refractivity (Wildman–Crippen MR) is 89.7 cm³/mol. The Morgan fingerprint density at radius 1 is 1.10 bits per heavy atom. The lowest BCUT2D eigenvalue weighted by molar-refractivity contribution is -0.0983. The Bertz CT molecular complexity index is 265. The molecule has 0 aromatic carbocycles. The maximum Gasteiger partial charge on any atom is 0.0807 e. The van der Waals surface area contributed by atoms with E-state index in [9.17, 15) is 0 Å². The Hall–Kier alpha value is -0.120. The van der Waals surface area contributed by atoms with Crippen molar-refractivity contribution in [2.45, 2.75) is 72.3 Å². The molecule has 0 aromatic rings. The molecule has 0 amide bonds. The highest BCUT2D eigenvalue weighted by molar-refractivity contribution is 4.92. The minimum atomic E-state index is 0.0357. The molecule has 0 atom stereocenters. The summed E-state index contributed by atoms with van der Waals surface area (Å²) in [6.07, 6.45) is 6.10. The third-order valence-corrected chi connectivity index (χ3v) is 4.84. The summed E-state index contributed by atoms with van der Waals surface area (Å²) in [4.78, 5) is 0. The third kappa shape index (κ3) is 6.66. The van der Waals surface area contributed by atoms with Gasteiger partial charge in [0.25, 0.3) is 0 Å². The third-order valence-electron chi connectivity index (χ3n) is 4.84. The molecule has 0 bridgehead atoms. The van der Waals surface area contributed by atoms with Crippen molar-refractivity contribution in [1.29, 1.82) is 0 Å². The molecule has 0 spiro atoms. The fraction of sp³-hybridized carbons (Fsp3) is 1.00. The van der Waals surface area contributed by atoms with Gasteiger partial charge in [0.2, 0.25) is 0 Å². The van der Waals surface area contributed by atoms with Gasteiger partial charge in [-0.1, -0.05) is 27.7 Å². The zero-order valence-corrected chi connectivity index (χ0v) is 15.0. The highest BCUT2D eigenvalue weighted by Gasteiger charge is 2.39. The van der Waals surface area contributed by atoms with Gasteiger partial charge in [-0.15, -0.1) is 0 Å². The normalized spacial score (nSPS) is 27.0. The van der Waals surface area contributed by atoms with Gasteiger partial charge in [0, 0.05) is 13.2 Å². The van der Waals surface area contributed by atoms with Crippen molar-refractivity contribution in [3.05, 3.63) is 0 Å². The van der Waals surface area contributed by atoms with Crippen LogP contribution in [0.4, 0.5) is 0 Å². The van der Waals surface area contributed by atoms with Crippen LogP contribution in [0.1, 0.15) is 66.7 Å². The Morgan fingerprint density at radius 2 is 1.76 bits per heavy atom. The molecule has 1 aliphatic rings. The van der Waals surface area contributed by atoms with Crippen molar-refractivity contribution in [1.82, 2.24) is 5.32 Å². The van der Waals surface area contributed by atoms with Crippen LogP contribution in [0.25, 0.3) is 0 Å². The smallest absolute Gasteiger partial charge is 0.0807 e. The molecule has 1 N–H and O–H groups in total. The van der Waals surface area contributed by atoms with E-state index in [0.29, 0.717) is 12.0 Å². The monoisotopic (exact) mass is 299 g/mol. The van der Waals surface area contributed by atoms with E-state index in [-0.39, 0.29) is 5.60 Å². The second-order valence-electron chi connectivity index (χ2n) is 7.55. The minimum absolute atomic E-state index is 0.0357. The molecule has 1 saturated carbocycles. The molecule has 0 saturated heterocycles. The van der Waals surface area contributed by atoms with Gasteiger partial charge in [-0.25, -0.2) is 0 Å². The van der Waals surface area contributed by atoms with Crippen LogP contribution < -0.4 is 5.32 Å². The second kappa shape index (κ2) is 9.12. The largest absolute Gasteiger partial charge is 0.379 e. The van der Waals surface area contributed by atoms with Crippen molar-refractivity contribution in [2.75, 3.05) is 32.9 Å². The number of hydrogen-bond acceptors (Lipinski definition) is 3. The van der Waals surface area contributed by atoms with Crippen LogP contribution in [0, 0.1) is 11.3 Å². The van der Waals surface area contributed by atoms with Gasteiger partial charge in [0.1, 0.15) is 0 Å². The van der Waals surface area contributed by atoms with E-state index < -0.39 is 0 Å². The molecule has 3 heteroatoms. The van der Waals surface area contributed by atoms with Crippen molar-refractivity contribution in [3.63, 3.8) is 0 Å². The molecule has 1 aliphatic carbocycles. The molecule has 0 heterocycles. The van der Waals surface area contributed by atoms with Gasteiger partial charge in [-0.05, 0) is 56.9 Å². The zero-order valence-electron chi connectivity index (χ0n) is 15.0. The van der Waals surface area contributed by atoms with E-state index >= 15 is 0 Å². The summed E-state index contributed by atoms with van der Waals surface area (Å²) in [6, 6.07) is 0. The van der Waals surface area contributed by atoms with Crippen LogP contribution in [0.3, 0.4) is 0 Å². The summed E-state index contributed by atoms with van der Waals surface area (Å²) >= 11 is 0. The van der Waals surface area contributed by atoms with E-state index in [1.807, 2.05) is 6.92 Å². The summed E-state index contributed by atoms with van der Waals surface area (Å²) in [5.74, 6) is 0.826. The number of ether oxygens (including phenoxy) is 2. The van der Waals surface area contributed by atoms with Crippen LogP contribution in [0.15, 0.2) is 0 Å². The Morgan fingerprint density at radius 3 is 2.29 bits per heavy atom. The van der Waals surface area contributed by atoms with E-state index in [1.54, 1.807) is 0 Å². The molecule has 1 rings (SSSR count). The van der Waals surface area contributed by atoms with Gasteiger partial charge in [0.05, 0.1) is 18.8 Å². The van der Waals surface area contributed by atoms with Crippen LogP contribution in [0.2, 0.25) is 0 Å². The molecule has 1 fully saturated rings. The first-order chi connectivity index (χ1) is 9.93. The van der Waals surface area contributed by atoms with E-state index in [1.165, 1.54) is 32.1 Å². The minimum Gasteiger partial charge on any atom is -0.379 e. The SMILES string of the molecule is CCCNCC1(OCCOCC)CCC(C(C)(C)C)CC1. The number of nitrogens with one attached hydrogen (secondary N) is 1. The van der Waals surface area contributed by atoms with E-state index in [2.05, 4.69) is 33.0 Å².